The van der Waals surface area contributed by atoms with E-state index >= 15 is 0 Å². The molecule has 0 spiro atoms. The van der Waals surface area contributed by atoms with Gasteiger partial charge in [0.25, 0.3) is 0 Å². The van der Waals surface area contributed by atoms with Gasteiger partial charge in [0.15, 0.2) is 0 Å². The number of nitrogens with two attached hydrogens (primary N) is 1. The molecule has 0 aliphatic rings. The molecule has 25 heteroatoms. The van der Waals surface area contributed by atoms with Crippen LogP contribution >= 0.6 is 0 Å². The molecule has 0 radical (unpaired) electrons. The number of ether oxygens (including phenoxy) is 1. The van der Waals surface area contributed by atoms with Crippen LogP contribution in [0.3, 0.4) is 0 Å². The summed E-state index contributed by atoms with van der Waals surface area (Å²) in [6, 6.07) is 24.0. The van der Waals surface area contributed by atoms with E-state index in [4.69, 9.17) is 10.5 Å². The number of alkyl carbamates (subject to hydrolysis) is 1. The predicted octanol–water partition coefficient (Wildman–Crippen LogP) is 1.09. The molecule has 0 aliphatic carbocycles. The Kier molecular flexibility index (Phi) is 28.5. The Morgan fingerprint density at radius 2 is 0.931 bits per heavy atom. The highest BCUT2D eigenvalue weighted by Gasteiger charge is 2.35. The standard InChI is InChI=1S/C62H82N10O15/c1-37(2)29-46(57(81)69-48(34-50(63)74)58(82)71-49(60(84)85)33-42-25-17-10-18-26-42)70-59(83)53(38(3)73)72-51(75)36-65-54(78)47(32-41-23-15-9-16-24-41)68-55(79)44(27-28-52(76)77)67-56(80)45(31-40-21-13-8-14-22-40)64-35-43(30-39-19-11-7-12-20-39)66-61(86)87-62(4,5)6/h7-26,37-38,43-49,53,64,73H,27-36H2,1-6H3,(H2,63,74)(H,65,78)(H,66,86)(H,67,80)(H,68,79)(H,69,81)(H,70,83)(H,71,82)(H,72,75)(H,76,77)(H,84,85)/t38?,43-,44-,45-,46-,47-,48-,49-,53-/m0/s1. The minimum absolute atomic E-state index is 0.0350. The normalized spacial score (nSPS) is 14.3. The first kappa shape index (κ1) is 70.3. The molecule has 14 N–H and O–H groups in total. The highest BCUT2D eigenvalue weighted by atomic mass is 16.6. The third kappa shape index (κ3) is 26.7. The van der Waals surface area contributed by atoms with Crippen molar-refractivity contribution in [3.8, 4) is 0 Å². The zero-order chi connectivity index (χ0) is 64.2. The Morgan fingerprint density at radius 3 is 1.40 bits per heavy atom. The number of hydrogen-bond donors (Lipinski definition) is 13. The average molecular weight is 1210 g/mol. The van der Waals surface area contributed by atoms with Crippen LogP contribution in [0.15, 0.2) is 121 Å². The average Bonchev–Trinajstić information content (AvgIpc) is 3.56. The van der Waals surface area contributed by atoms with Gasteiger partial charge in [0, 0.05) is 31.8 Å². The number of amides is 9. The number of hydrogen-bond acceptors (Lipinski definition) is 14. The van der Waals surface area contributed by atoms with Crippen molar-refractivity contribution in [2.24, 2.45) is 11.7 Å². The van der Waals surface area contributed by atoms with Gasteiger partial charge in [-0.05, 0) is 81.5 Å². The van der Waals surface area contributed by atoms with Crippen LogP contribution in [0.4, 0.5) is 4.79 Å². The van der Waals surface area contributed by atoms with Gasteiger partial charge in [-0.2, -0.15) is 0 Å². The quantitative estimate of drug-likeness (QED) is 0.0307. The van der Waals surface area contributed by atoms with E-state index in [1.807, 2.05) is 30.3 Å². The van der Waals surface area contributed by atoms with Crippen LogP contribution in [0, 0.1) is 5.92 Å². The summed E-state index contributed by atoms with van der Waals surface area (Å²) in [4.78, 5) is 147. The fraction of sp³-hybridized carbons (Fsp3) is 0.435. The first-order valence-corrected chi connectivity index (χ1v) is 28.5. The van der Waals surface area contributed by atoms with Gasteiger partial charge in [-0.3, -0.25) is 43.2 Å². The Hall–Kier alpha value is -9.23. The molecule has 87 heavy (non-hydrogen) atoms. The molecule has 0 saturated carbocycles. The summed E-state index contributed by atoms with van der Waals surface area (Å²) in [5.74, 6) is -10.7. The molecule has 4 aromatic rings. The number of nitrogens with one attached hydrogen (secondary N) is 9. The molecule has 4 rings (SSSR count). The molecule has 9 amide bonds. The van der Waals surface area contributed by atoms with Crippen LogP contribution in [-0.4, -0.2) is 154 Å². The maximum Gasteiger partial charge on any atom is 0.407 e. The van der Waals surface area contributed by atoms with Crippen molar-refractivity contribution in [1.29, 1.82) is 0 Å². The van der Waals surface area contributed by atoms with Crippen molar-refractivity contribution in [1.82, 2.24) is 47.9 Å². The first-order chi connectivity index (χ1) is 41.2. The molecule has 0 fully saturated rings. The zero-order valence-corrected chi connectivity index (χ0v) is 49.7. The van der Waals surface area contributed by atoms with E-state index in [2.05, 4.69) is 47.9 Å². The van der Waals surface area contributed by atoms with Crippen molar-refractivity contribution in [2.75, 3.05) is 13.1 Å². The lowest BCUT2D eigenvalue weighted by Crippen LogP contribution is -2.60. The molecule has 0 heterocycles. The van der Waals surface area contributed by atoms with E-state index in [1.54, 1.807) is 126 Å². The molecule has 0 saturated heterocycles. The lowest BCUT2D eigenvalue weighted by atomic mass is 10.0. The number of carboxylic acids is 2. The summed E-state index contributed by atoms with van der Waals surface area (Å²) in [5, 5.41) is 53.7. The van der Waals surface area contributed by atoms with Crippen LogP contribution < -0.4 is 53.6 Å². The second kappa shape index (κ2) is 35.3. The lowest BCUT2D eigenvalue weighted by molar-refractivity contribution is -0.142. The van der Waals surface area contributed by atoms with E-state index in [1.165, 1.54) is 6.92 Å². The van der Waals surface area contributed by atoms with Gasteiger partial charge in [-0.1, -0.05) is 135 Å². The Morgan fingerprint density at radius 1 is 0.506 bits per heavy atom. The summed E-state index contributed by atoms with van der Waals surface area (Å²) in [5.41, 5.74) is 7.31. The Labute approximate surface area is 505 Å². The summed E-state index contributed by atoms with van der Waals surface area (Å²) in [6.45, 7) is 8.94. The van der Waals surface area contributed by atoms with E-state index in [-0.39, 0.29) is 38.1 Å². The van der Waals surface area contributed by atoms with Crippen LogP contribution in [0.1, 0.15) is 89.5 Å². The fourth-order valence-corrected chi connectivity index (χ4v) is 8.97. The molecule has 1 unspecified atom stereocenters. The Bertz CT molecular complexity index is 2930. The molecule has 470 valence electrons. The molecule has 25 nitrogen and oxygen atoms in total. The number of aliphatic hydroxyl groups excluding tert-OH is 1. The fourth-order valence-electron chi connectivity index (χ4n) is 8.97. The molecular weight excluding hydrogens is 1120 g/mol. The largest absolute Gasteiger partial charge is 0.481 e. The topological polar surface area (TPSA) is 392 Å². The van der Waals surface area contributed by atoms with Crippen LogP contribution in [0.2, 0.25) is 0 Å². The van der Waals surface area contributed by atoms with Crippen molar-refractivity contribution < 1.29 is 72.8 Å². The lowest BCUT2D eigenvalue weighted by Gasteiger charge is -2.28. The van der Waals surface area contributed by atoms with E-state index < -0.39 is 151 Å². The van der Waals surface area contributed by atoms with Gasteiger partial charge in [-0.15, -0.1) is 0 Å². The number of aliphatic hydroxyl groups is 1. The van der Waals surface area contributed by atoms with Gasteiger partial charge < -0.3 is 73.6 Å². The second-order valence-electron chi connectivity index (χ2n) is 22.4. The van der Waals surface area contributed by atoms with E-state index in [0.717, 1.165) is 11.1 Å². The predicted molar refractivity (Wildman–Crippen MR) is 320 cm³/mol. The summed E-state index contributed by atoms with van der Waals surface area (Å²) in [7, 11) is 0. The van der Waals surface area contributed by atoms with Crippen molar-refractivity contribution in [3.05, 3.63) is 144 Å². The third-order valence-electron chi connectivity index (χ3n) is 13.2. The van der Waals surface area contributed by atoms with E-state index in [9.17, 15) is 68.1 Å². The van der Waals surface area contributed by atoms with Crippen LogP contribution in [-0.2, 0) is 78.4 Å². The van der Waals surface area contributed by atoms with Crippen molar-refractivity contribution in [3.63, 3.8) is 0 Å². The maximum atomic E-state index is 14.4. The highest BCUT2D eigenvalue weighted by molar-refractivity contribution is 5.98. The minimum atomic E-state index is -1.76. The van der Waals surface area contributed by atoms with Gasteiger partial charge in [0.05, 0.1) is 25.1 Å². The number of benzene rings is 4. The number of rotatable bonds is 35. The molecule has 9 atom stereocenters. The number of carbonyl (C=O) groups excluding carboxylic acids is 9. The number of primary amides is 1. The van der Waals surface area contributed by atoms with E-state index in [0.29, 0.717) is 17.5 Å². The molecule has 0 aromatic heterocycles. The third-order valence-corrected chi connectivity index (χ3v) is 13.2. The second-order valence-corrected chi connectivity index (χ2v) is 22.4. The van der Waals surface area contributed by atoms with Crippen LogP contribution in [0.5, 0.6) is 0 Å². The van der Waals surface area contributed by atoms with Crippen LogP contribution in [0.25, 0.3) is 0 Å². The summed E-state index contributed by atoms with van der Waals surface area (Å²) >= 11 is 0. The molecule has 0 aliphatic heterocycles. The van der Waals surface area contributed by atoms with Crippen molar-refractivity contribution >= 4 is 65.3 Å². The minimum Gasteiger partial charge on any atom is -0.481 e. The zero-order valence-electron chi connectivity index (χ0n) is 49.7. The summed E-state index contributed by atoms with van der Waals surface area (Å²) in [6.07, 6.45) is -4.02. The van der Waals surface area contributed by atoms with Crippen molar-refractivity contribution in [2.45, 2.75) is 153 Å². The van der Waals surface area contributed by atoms with Gasteiger partial charge in [0.1, 0.15) is 41.9 Å². The Balaban J connectivity index is 1.51. The summed E-state index contributed by atoms with van der Waals surface area (Å²) < 4.78 is 5.53. The number of aliphatic carboxylic acids is 2. The number of carboxylic acid groups (broad SMARTS) is 2. The SMILES string of the molecule is CC(C)C[C@H](NC(=O)[C@@H](NC(=O)CNC(=O)[C@H](Cc1ccccc1)NC(=O)[C@H](CCC(=O)O)NC(=O)[C@H](Cc1ccccc1)NC[C@H](Cc1ccccc1)NC(=O)OC(C)(C)C)C(C)O)C(=O)N[C@@H](CC(N)=O)C(=O)N[C@@H](Cc1ccccc1)C(=O)O. The highest BCUT2D eigenvalue weighted by Crippen LogP contribution is 2.13. The molecular formula is C62H82N10O15. The van der Waals surface area contributed by atoms with Gasteiger partial charge in [-0.25, -0.2) is 9.59 Å². The maximum absolute atomic E-state index is 14.4. The van der Waals surface area contributed by atoms with Gasteiger partial charge >= 0.3 is 18.0 Å². The number of carbonyl (C=O) groups is 11. The monoisotopic (exact) mass is 1210 g/mol. The van der Waals surface area contributed by atoms with Gasteiger partial charge in [0.2, 0.25) is 47.3 Å². The first-order valence-electron chi connectivity index (χ1n) is 28.5. The molecule has 4 aromatic carbocycles. The smallest absolute Gasteiger partial charge is 0.407 e. The molecule has 0 bridgehead atoms.